The Kier molecular flexibility index (Phi) is 7.93. The number of rotatable bonds is 7. The SMILES string of the molecule is CS(=O)(=O)N[C@H]1CC[C@H](CCN2CCC(Cc3cc(F)ccc3Br)CC2)CC1. The van der Waals surface area contributed by atoms with Crippen molar-refractivity contribution in [3.63, 3.8) is 0 Å². The standard InChI is InChI=1S/C21H32BrFN2O2S/c1-28(26,27)24-20-5-2-16(3-6-20)8-11-25-12-9-17(10-13-25)14-18-15-19(23)4-7-21(18)22/h4,7,15-17,20,24H,2-3,5-6,8-14H2,1H3/t16-,20-. The van der Waals surface area contributed by atoms with Gasteiger partial charge in [-0.15, -0.1) is 0 Å². The Morgan fingerprint density at radius 2 is 1.79 bits per heavy atom. The van der Waals surface area contributed by atoms with E-state index in [0.717, 1.165) is 67.7 Å². The number of likely N-dealkylation sites (tertiary alicyclic amines) is 1. The van der Waals surface area contributed by atoms with Crippen LogP contribution in [-0.4, -0.2) is 45.2 Å². The summed E-state index contributed by atoms with van der Waals surface area (Å²) in [6, 6.07) is 5.09. The van der Waals surface area contributed by atoms with Crippen LogP contribution in [0, 0.1) is 17.7 Å². The summed E-state index contributed by atoms with van der Waals surface area (Å²) in [6.07, 6.45) is 9.92. The van der Waals surface area contributed by atoms with E-state index in [4.69, 9.17) is 0 Å². The number of nitrogens with zero attached hydrogens (tertiary/aromatic N) is 1. The predicted molar refractivity (Wildman–Crippen MR) is 115 cm³/mol. The molecule has 2 fully saturated rings. The number of sulfonamides is 1. The average Bonchev–Trinajstić information content (AvgIpc) is 2.64. The lowest BCUT2D eigenvalue weighted by molar-refractivity contribution is 0.164. The molecule has 1 aliphatic carbocycles. The zero-order valence-electron chi connectivity index (χ0n) is 16.7. The van der Waals surface area contributed by atoms with Crippen LogP contribution < -0.4 is 4.72 Å². The minimum Gasteiger partial charge on any atom is -0.303 e. The van der Waals surface area contributed by atoms with Crippen molar-refractivity contribution in [2.75, 3.05) is 25.9 Å². The molecular weight excluding hydrogens is 443 g/mol. The fraction of sp³-hybridized carbons (Fsp3) is 0.714. The zero-order valence-corrected chi connectivity index (χ0v) is 19.1. The third kappa shape index (κ3) is 7.08. The highest BCUT2D eigenvalue weighted by Gasteiger charge is 2.25. The van der Waals surface area contributed by atoms with E-state index in [0.29, 0.717) is 5.92 Å². The molecule has 1 aromatic carbocycles. The molecule has 0 unspecified atom stereocenters. The highest BCUT2D eigenvalue weighted by Crippen LogP contribution is 2.29. The van der Waals surface area contributed by atoms with Crippen LogP contribution in [0.1, 0.15) is 50.5 Å². The highest BCUT2D eigenvalue weighted by atomic mass is 79.9. The maximum atomic E-state index is 13.5. The lowest BCUT2D eigenvalue weighted by atomic mass is 9.84. The molecule has 1 aliphatic heterocycles. The molecule has 0 amide bonds. The normalized spacial score (nSPS) is 25.1. The van der Waals surface area contributed by atoms with Crippen LogP contribution in [0.15, 0.2) is 22.7 Å². The van der Waals surface area contributed by atoms with Crippen molar-refractivity contribution in [2.45, 2.75) is 57.4 Å². The molecule has 28 heavy (non-hydrogen) atoms. The van der Waals surface area contributed by atoms with E-state index in [1.165, 1.54) is 31.6 Å². The lowest BCUT2D eigenvalue weighted by Crippen LogP contribution is -2.38. The van der Waals surface area contributed by atoms with Gasteiger partial charge in [-0.3, -0.25) is 0 Å². The fourth-order valence-corrected chi connectivity index (χ4v) is 5.91. The number of benzene rings is 1. The van der Waals surface area contributed by atoms with Gasteiger partial charge in [0.25, 0.3) is 0 Å². The Bertz CT molecular complexity index is 743. The van der Waals surface area contributed by atoms with Crippen LogP contribution in [0.2, 0.25) is 0 Å². The van der Waals surface area contributed by atoms with Crippen molar-refractivity contribution in [3.8, 4) is 0 Å². The number of hydrogen-bond acceptors (Lipinski definition) is 3. The first kappa shape index (κ1) is 22.2. The van der Waals surface area contributed by atoms with Gasteiger partial charge in [0.2, 0.25) is 10.0 Å². The van der Waals surface area contributed by atoms with E-state index in [-0.39, 0.29) is 11.9 Å². The number of hydrogen-bond donors (Lipinski definition) is 1. The van der Waals surface area contributed by atoms with Gasteiger partial charge in [0.15, 0.2) is 0 Å². The molecule has 158 valence electrons. The molecule has 7 heteroatoms. The Balaban J connectivity index is 1.34. The Hall–Kier alpha value is -0.500. The molecule has 1 N–H and O–H groups in total. The first-order valence-corrected chi connectivity index (χ1v) is 13.1. The van der Waals surface area contributed by atoms with Gasteiger partial charge in [-0.05, 0) is 107 Å². The van der Waals surface area contributed by atoms with Crippen LogP contribution in [-0.2, 0) is 16.4 Å². The second-order valence-electron chi connectivity index (χ2n) is 8.62. The monoisotopic (exact) mass is 474 g/mol. The molecule has 2 aliphatic rings. The summed E-state index contributed by atoms with van der Waals surface area (Å²) < 4.78 is 39.9. The van der Waals surface area contributed by atoms with Crippen LogP contribution in [0.25, 0.3) is 0 Å². The van der Waals surface area contributed by atoms with Gasteiger partial charge in [0.05, 0.1) is 6.26 Å². The van der Waals surface area contributed by atoms with E-state index >= 15 is 0 Å². The van der Waals surface area contributed by atoms with Crippen LogP contribution in [0.3, 0.4) is 0 Å². The van der Waals surface area contributed by atoms with Crippen LogP contribution in [0.4, 0.5) is 4.39 Å². The molecule has 0 aromatic heterocycles. The maximum Gasteiger partial charge on any atom is 0.208 e. The molecule has 1 saturated carbocycles. The predicted octanol–water partition coefficient (Wildman–Crippen LogP) is 4.34. The highest BCUT2D eigenvalue weighted by molar-refractivity contribution is 9.10. The molecule has 0 radical (unpaired) electrons. The zero-order chi connectivity index (χ0) is 20.1. The second kappa shape index (κ2) is 10.0. The minimum absolute atomic E-state index is 0.129. The quantitative estimate of drug-likeness (QED) is 0.639. The van der Waals surface area contributed by atoms with Gasteiger partial charge in [-0.1, -0.05) is 15.9 Å². The van der Waals surface area contributed by atoms with Crippen molar-refractivity contribution in [2.24, 2.45) is 11.8 Å². The van der Waals surface area contributed by atoms with Crippen molar-refractivity contribution in [1.82, 2.24) is 9.62 Å². The van der Waals surface area contributed by atoms with Crippen LogP contribution in [0.5, 0.6) is 0 Å². The number of nitrogens with one attached hydrogen (secondary N) is 1. The van der Waals surface area contributed by atoms with E-state index in [1.54, 1.807) is 12.1 Å². The first-order valence-electron chi connectivity index (χ1n) is 10.4. The molecule has 0 atom stereocenters. The smallest absolute Gasteiger partial charge is 0.208 e. The Morgan fingerprint density at radius 1 is 1.11 bits per heavy atom. The van der Waals surface area contributed by atoms with Gasteiger partial charge in [-0.2, -0.15) is 0 Å². The van der Waals surface area contributed by atoms with Crippen LogP contribution >= 0.6 is 15.9 Å². The van der Waals surface area contributed by atoms with Crippen molar-refractivity contribution >= 4 is 26.0 Å². The molecule has 1 saturated heterocycles. The van der Waals surface area contributed by atoms with Crippen molar-refractivity contribution < 1.29 is 12.8 Å². The summed E-state index contributed by atoms with van der Waals surface area (Å²) in [4.78, 5) is 2.57. The summed E-state index contributed by atoms with van der Waals surface area (Å²) in [6.45, 7) is 3.40. The van der Waals surface area contributed by atoms with Gasteiger partial charge in [0.1, 0.15) is 5.82 Å². The molecule has 0 bridgehead atoms. The van der Waals surface area contributed by atoms with E-state index in [9.17, 15) is 12.8 Å². The summed E-state index contributed by atoms with van der Waals surface area (Å²) in [5, 5.41) is 0. The summed E-state index contributed by atoms with van der Waals surface area (Å²) in [5.74, 6) is 1.20. The third-order valence-electron chi connectivity index (χ3n) is 6.30. The first-order chi connectivity index (χ1) is 13.3. The number of halogens is 2. The van der Waals surface area contributed by atoms with Gasteiger partial charge >= 0.3 is 0 Å². The van der Waals surface area contributed by atoms with E-state index in [2.05, 4.69) is 25.6 Å². The van der Waals surface area contributed by atoms with Gasteiger partial charge in [0, 0.05) is 10.5 Å². The number of piperidine rings is 1. The minimum atomic E-state index is -3.09. The molecular formula is C21H32BrFN2O2S. The van der Waals surface area contributed by atoms with Crippen molar-refractivity contribution in [1.29, 1.82) is 0 Å². The topological polar surface area (TPSA) is 49.4 Å². The molecule has 1 aromatic rings. The van der Waals surface area contributed by atoms with Gasteiger partial charge < -0.3 is 4.90 Å². The second-order valence-corrected chi connectivity index (χ2v) is 11.3. The lowest BCUT2D eigenvalue weighted by Gasteiger charge is -2.34. The summed E-state index contributed by atoms with van der Waals surface area (Å²) >= 11 is 3.54. The molecule has 0 spiro atoms. The largest absolute Gasteiger partial charge is 0.303 e. The summed E-state index contributed by atoms with van der Waals surface area (Å²) in [5.41, 5.74) is 1.08. The fourth-order valence-electron chi connectivity index (χ4n) is 4.66. The van der Waals surface area contributed by atoms with E-state index < -0.39 is 10.0 Å². The molecule has 1 heterocycles. The Labute approximate surface area is 177 Å². The van der Waals surface area contributed by atoms with Gasteiger partial charge in [-0.25, -0.2) is 17.5 Å². The molecule has 3 rings (SSSR count). The van der Waals surface area contributed by atoms with Crippen molar-refractivity contribution in [3.05, 3.63) is 34.1 Å². The molecule has 4 nitrogen and oxygen atoms in total. The Morgan fingerprint density at radius 3 is 2.43 bits per heavy atom. The van der Waals surface area contributed by atoms with E-state index in [1.807, 2.05) is 0 Å². The maximum absolute atomic E-state index is 13.5. The summed E-state index contributed by atoms with van der Waals surface area (Å²) in [7, 11) is -3.09. The third-order valence-corrected chi connectivity index (χ3v) is 7.84. The average molecular weight is 475 g/mol.